The number of para-hydroxylation sites is 1. The standard InChI is InChI=1S/C22H22N2O2/c1-22(26,16-23-21(25)24-20-10-6-3-7-11-20)19-14-12-18(13-15-19)17-8-4-2-5-9-17/h2-15,26H,16H2,1H3,(H2,23,24,25). The molecule has 0 fully saturated rings. The topological polar surface area (TPSA) is 61.4 Å². The van der Waals surface area contributed by atoms with Crippen LogP contribution < -0.4 is 10.6 Å². The lowest BCUT2D eigenvalue weighted by Gasteiger charge is -2.24. The molecule has 4 nitrogen and oxygen atoms in total. The molecule has 1 unspecified atom stereocenters. The second kappa shape index (κ2) is 7.85. The van der Waals surface area contributed by atoms with Crippen LogP contribution in [0, 0.1) is 0 Å². The normalized spacial score (nSPS) is 12.8. The van der Waals surface area contributed by atoms with Crippen molar-refractivity contribution in [1.29, 1.82) is 0 Å². The van der Waals surface area contributed by atoms with Gasteiger partial charge in [0.05, 0.1) is 6.54 Å². The molecular formula is C22H22N2O2. The van der Waals surface area contributed by atoms with E-state index in [1.807, 2.05) is 72.8 Å². The first-order chi connectivity index (χ1) is 12.5. The van der Waals surface area contributed by atoms with Gasteiger partial charge < -0.3 is 15.7 Å². The fraction of sp³-hybridized carbons (Fsp3) is 0.136. The van der Waals surface area contributed by atoms with Crippen molar-refractivity contribution in [1.82, 2.24) is 5.32 Å². The van der Waals surface area contributed by atoms with Gasteiger partial charge >= 0.3 is 6.03 Å². The lowest BCUT2D eigenvalue weighted by atomic mass is 9.94. The van der Waals surface area contributed by atoms with Crippen LogP contribution in [-0.4, -0.2) is 17.7 Å². The van der Waals surface area contributed by atoms with Gasteiger partial charge in [0.25, 0.3) is 0 Å². The number of rotatable bonds is 5. The lowest BCUT2D eigenvalue weighted by Crippen LogP contribution is -2.40. The summed E-state index contributed by atoms with van der Waals surface area (Å²) < 4.78 is 0. The van der Waals surface area contributed by atoms with Gasteiger partial charge in [-0.3, -0.25) is 0 Å². The van der Waals surface area contributed by atoms with Gasteiger partial charge in [-0.25, -0.2) is 4.79 Å². The van der Waals surface area contributed by atoms with E-state index in [1.54, 1.807) is 19.1 Å². The lowest BCUT2D eigenvalue weighted by molar-refractivity contribution is 0.0600. The summed E-state index contributed by atoms with van der Waals surface area (Å²) in [7, 11) is 0. The maximum Gasteiger partial charge on any atom is 0.319 e. The minimum Gasteiger partial charge on any atom is -0.384 e. The Morgan fingerprint density at radius 2 is 1.38 bits per heavy atom. The number of amides is 2. The number of benzene rings is 3. The molecule has 0 aliphatic carbocycles. The third-order valence-corrected chi connectivity index (χ3v) is 4.24. The Balaban J connectivity index is 1.61. The predicted molar refractivity (Wildman–Crippen MR) is 105 cm³/mol. The molecular weight excluding hydrogens is 324 g/mol. The molecule has 26 heavy (non-hydrogen) atoms. The zero-order valence-corrected chi connectivity index (χ0v) is 14.6. The van der Waals surface area contributed by atoms with Gasteiger partial charge in [-0.05, 0) is 35.7 Å². The number of anilines is 1. The molecule has 0 saturated carbocycles. The van der Waals surface area contributed by atoms with Crippen LogP contribution in [0.15, 0.2) is 84.9 Å². The molecule has 0 bridgehead atoms. The van der Waals surface area contributed by atoms with Gasteiger partial charge in [0, 0.05) is 5.69 Å². The minimum atomic E-state index is -1.16. The molecule has 3 aromatic rings. The van der Waals surface area contributed by atoms with E-state index in [-0.39, 0.29) is 12.6 Å². The first-order valence-corrected chi connectivity index (χ1v) is 8.53. The molecule has 0 saturated heterocycles. The van der Waals surface area contributed by atoms with Crippen LogP contribution in [0.2, 0.25) is 0 Å². The van der Waals surface area contributed by atoms with Gasteiger partial charge in [-0.2, -0.15) is 0 Å². The largest absolute Gasteiger partial charge is 0.384 e. The first-order valence-electron chi connectivity index (χ1n) is 8.53. The zero-order valence-electron chi connectivity index (χ0n) is 14.6. The molecule has 0 aliphatic heterocycles. The van der Waals surface area contributed by atoms with E-state index < -0.39 is 5.60 Å². The van der Waals surface area contributed by atoms with Crippen molar-refractivity contribution in [2.75, 3.05) is 11.9 Å². The van der Waals surface area contributed by atoms with E-state index >= 15 is 0 Å². The van der Waals surface area contributed by atoms with Crippen LogP contribution in [0.5, 0.6) is 0 Å². The number of nitrogens with one attached hydrogen (secondary N) is 2. The molecule has 0 radical (unpaired) electrons. The van der Waals surface area contributed by atoms with E-state index in [0.717, 1.165) is 16.7 Å². The van der Waals surface area contributed by atoms with E-state index in [9.17, 15) is 9.90 Å². The monoisotopic (exact) mass is 346 g/mol. The molecule has 4 heteroatoms. The van der Waals surface area contributed by atoms with Gasteiger partial charge in [0.15, 0.2) is 0 Å². The zero-order chi connectivity index (χ0) is 18.4. The van der Waals surface area contributed by atoms with Gasteiger partial charge in [0.1, 0.15) is 5.60 Å². The molecule has 1 atom stereocenters. The number of carbonyl (C=O) groups excluding carboxylic acids is 1. The smallest absolute Gasteiger partial charge is 0.319 e. The van der Waals surface area contributed by atoms with E-state index in [4.69, 9.17) is 0 Å². The van der Waals surface area contributed by atoms with Crippen molar-refractivity contribution in [3.8, 4) is 11.1 Å². The van der Waals surface area contributed by atoms with Gasteiger partial charge in [-0.15, -0.1) is 0 Å². The highest BCUT2D eigenvalue weighted by Crippen LogP contribution is 2.24. The van der Waals surface area contributed by atoms with Crippen molar-refractivity contribution < 1.29 is 9.90 Å². The predicted octanol–water partition coefficient (Wildman–Crippen LogP) is 4.38. The van der Waals surface area contributed by atoms with Crippen LogP contribution in [0.1, 0.15) is 12.5 Å². The second-order valence-corrected chi connectivity index (χ2v) is 6.39. The number of aliphatic hydroxyl groups is 1. The summed E-state index contributed by atoms with van der Waals surface area (Å²) in [5.41, 5.74) is 2.50. The Labute approximate surface area is 153 Å². The van der Waals surface area contributed by atoms with E-state index in [2.05, 4.69) is 10.6 Å². The molecule has 3 rings (SSSR count). The van der Waals surface area contributed by atoms with Crippen LogP contribution in [0.25, 0.3) is 11.1 Å². The van der Waals surface area contributed by atoms with Crippen LogP contribution >= 0.6 is 0 Å². The summed E-state index contributed by atoms with van der Waals surface area (Å²) in [6.45, 7) is 1.80. The highest BCUT2D eigenvalue weighted by atomic mass is 16.3. The SMILES string of the molecule is CC(O)(CNC(=O)Nc1ccccc1)c1ccc(-c2ccccc2)cc1. The third kappa shape index (κ3) is 4.49. The molecule has 0 aliphatic rings. The summed E-state index contributed by atoms with van der Waals surface area (Å²) >= 11 is 0. The van der Waals surface area contributed by atoms with Crippen molar-refractivity contribution in [2.24, 2.45) is 0 Å². The molecule has 0 spiro atoms. The molecule has 3 aromatic carbocycles. The fourth-order valence-electron chi connectivity index (χ4n) is 2.70. The van der Waals surface area contributed by atoms with Crippen molar-refractivity contribution in [3.05, 3.63) is 90.5 Å². The molecule has 2 amide bonds. The summed E-state index contributed by atoms with van der Waals surface area (Å²) in [4.78, 5) is 12.0. The molecule has 0 heterocycles. The van der Waals surface area contributed by atoms with E-state index in [0.29, 0.717) is 5.69 Å². The number of hydrogen-bond acceptors (Lipinski definition) is 2. The molecule has 132 valence electrons. The van der Waals surface area contributed by atoms with Gasteiger partial charge in [-0.1, -0.05) is 72.8 Å². The third-order valence-electron chi connectivity index (χ3n) is 4.24. The fourth-order valence-corrected chi connectivity index (χ4v) is 2.70. The summed E-state index contributed by atoms with van der Waals surface area (Å²) in [6.07, 6.45) is 0. The van der Waals surface area contributed by atoms with Gasteiger partial charge in [0.2, 0.25) is 0 Å². The minimum absolute atomic E-state index is 0.107. The summed E-state index contributed by atoms with van der Waals surface area (Å²) in [5.74, 6) is 0. The maximum atomic E-state index is 12.0. The Morgan fingerprint density at radius 3 is 2.00 bits per heavy atom. The Hall–Kier alpha value is -3.11. The average molecular weight is 346 g/mol. The van der Waals surface area contributed by atoms with Crippen molar-refractivity contribution >= 4 is 11.7 Å². The Kier molecular flexibility index (Phi) is 5.34. The first kappa shape index (κ1) is 17.7. The number of hydrogen-bond donors (Lipinski definition) is 3. The summed E-state index contributed by atoms with van der Waals surface area (Å²) in [5, 5.41) is 16.2. The molecule has 3 N–H and O–H groups in total. The highest BCUT2D eigenvalue weighted by Gasteiger charge is 2.23. The Bertz CT molecular complexity index is 844. The van der Waals surface area contributed by atoms with Crippen molar-refractivity contribution in [3.63, 3.8) is 0 Å². The molecule has 0 aromatic heterocycles. The average Bonchev–Trinajstić information content (AvgIpc) is 2.68. The summed E-state index contributed by atoms with van der Waals surface area (Å²) in [6, 6.07) is 26.6. The van der Waals surface area contributed by atoms with Crippen LogP contribution in [-0.2, 0) is 5.60 Å². The van der Waals surface area contributed by atoms with Crippen LogP contribution in [0.4, 0.5) is 10.5 Å². The number of carbonyl (C=O) groups is 1. The second-order valence-electron chi connectivity index (χ2n) is 6.39. The van der Waals surface area contributed by atoms with Crippen molar-refractivity contribution in [2.45, 2.75) is 12.5 Å². The quantitative estimate of drug-likeness (QED) is 0.642. The Morgan fingerprint density at radius 1 is 0.846 bits per heavy atom. The number of urea groups is 1. The maximum absolute atomic E-state index is 12.0. The highest BCUT2D eigenvalue weighted by molar-refractivity contribution is 5.89. The van der Waals surface area contributed by atoms with Crippen LogP contribution in [0.3, 0.4) is 0 Å². The van der Waals surface area contributed by atoms with E-state index in [1.165, 1.54) is 0 Å².